The normalized spacial score (nSPS) is 11.7. The van der Waals surface area contributed by atoms with Crippen LogP contribution >= 0.6 is 0 Å². The Labute approximate surface area is 118 Å². The predicted molar refractivity (Wildman–Crippen MR) is 76.6 cm³/mol. The summed E-state index contributed by atoms with van der Waals surface area (Å²) in [5.41, 5.74) is 0.935. The largest absolute Gasteiger partial charge is 0.336 e. The van der Waals surface area contributed by atoms with Crippen LogP contribution < -0.4 is 10.0 Å². The Hall–Kier alpha value is -1.70. The third-order valence-corrected chi connectivity index (χ3v) is 4.27. The molecule has 7 heteroatoms. The number of hydrogen-bond donors (Lipinski definition) is 2. The van der Waals surface area contributed by atoms with Crippen molar-refractivity contribution >= 4 is 10.0 Å². The van der Waals surface area contributed by atoms with Gasteiger partial charge in [0.2, 0.25) is 10.0 Å². The molecule has 0 unspecified atom stereocenters. The molecule has 1 aromatic heterocycles. The Balaban J connectivity index is 2.00. The molecule has 0 amide bonds. The second-order valence-electron chi connectivity index (χ2n) is 4.38. The van der Waals surface area contributed by atoms with Crippen molar-refractivity contribution in [1.29, 1.82) is 0 Å². The second-order valence-corrected chi connectivity index (χ2v) is 6.14. The number of rotatable bonds is 7. The quantitative estimate of drug-likeness (QED) is 0.783. The number of hydrogen-bond acceptors (Lipinski definition) is 4. The van der Waals surface area contributed by atoms with Crippen LogP contribution in [-0.4, -0.2) is 31.6 Å². The van der Waals surface area contributed by atoms with Gasteiger partial charge < -0.3 is 9.88 Å². The summed E-state index contributed by atoms with van der Waals surface area (Å²) in [4.78, 5) is 4.19. The van der Waals surface area contributed by atoms with E-state index < -0.39 is 10.0 Å². The highest BCUT2D eigenvalue weighted by atomic mass is 32.2. The van der Waals surface area contributed by atoms with Gasteiger partial charge in [0.25, 0.3) is 0 Å². The molecule has 0 fully saturated rings. The molecular weight excluding hydrogens is 276 g/mol. The molecule has 20 heavy (non-hydrogen) atoms. The minimum absolute atomic E-state index is 0.288. The van der Waals surface area contributed by atoms with Crippen LogP contribution in [0.3, 0.4) is 0 Å². The van der Waals surface area contributed by atoms with Crippen molar-refractivity contribution in [3.8, 4) is 0 Å². The second kappa shape index (κ2) is 6.65. The lowest BCUT2D eigenvalue weighted by molar-refractivity contribution is 0.572. The van der Waals surface area contributed by atoms with Gasteiger partial charge in [0.05, 0.1) is 11.2 Å². The smallest absolute Gasteiger partial charge is 0.240 e. The van der Waals surface area contributed by atoms with Crippen LogP contribution in [0.15, 0.2) is 47.9 Å². The zero-order valence-corrected chi connectivity index (χ0v) is 12.1. The van der Waals surface area contributed by atoms with E-state index in [1.165, 1.54) is 0 Å². The van der Waals surface area contributed by atoms with Gasteiger partial charge in [-0.05, 0) is 24.7 Å². The molecule has 2 N–H and O–H groups in total. The van der Waals surface area contributed by atoms with Crippen LogP contribution in [0.5, 0.6) is 0 Å². The molecule has 6 nitrogen and oxygen atoms in total. The van der Waals surface area contributed by atoms with Gasteiger partial charge in [0.15, 0.2) is 0 Å². The Bertz CT molecular complexity index is 638. The first-order valence-electron chi connectivity index (χ1n) is 6.31. The minimum atomic E-state index is -3.47. The van der Waals surface area contributed by atoms with Crippen molar-refractivity contribution in [3.63, 3.8) is 0 Å². The standard InChI is InChI=1S/C13H18N4O2S/c1-14-10-12-3-2-4-13(9-12)20(18,19)16-6-8-17-7-5-15-11-17/h2-5,7,9,11,14,16H,6,8,10H2,1H3. The predicted octanol–water partition coefficient (Wildman–Crippen LogP) is 0.581. The molecule has 0 aliphatic carbocycles. The van der Waals surface area contributed by atoms with E-state index in [2.05, 4.69) is 15.0 Å². The topological polar surface area (TPSA) is 76.0 Å². The Kier molecular flexibility index (Phi) is 4.89. The molecule has 1 heterocycles. The van der Waals surface area contributed by atoms with Gasteiger partial charge in [0, 0.05) is 32.0 Å². The van der Waals surface area contributed by atoms with Crippen LogP contribution in [0.4, 0.5) is 0 Å². The molecule has 0 radical (unpaired) electrons. The maximum absolute atomic E-state index is 12.2. The molecule has 0 aliphatic heterocycles. The van der Waals surface area contributed by atoms with Crippen molar-refractivity contribution in [2.45, 2.75) is 18.0 Å². The van der Waals surface area contributed by atoms with Crippen LogP contribution in [0.2, 0.25) is 0 Å². The number of imidazole rings is 1. The number of benzene rings is 1. The summed E-state index contributed by atoms with van der Waals surface area (Å²) in [6, 6.07) is 6.91. The van der Waals surface area contributed by atoms with E-state index in [0.717, 1.165) is 5.56 Å². The van der Waals surface area contributed by atoms with Gasteiger partial charge >= 0.3 is 0 Å². The van der Waals surface area contributed by atoms with E-state index >= 15 is 0 Å². The number of nitrogens with zero attached hydrogens (tertiary/aromatic N) is 2. The summed E-state index contributed by atoms with van der Waals surface area (Å²) in [5, 5.41) is 3.00. The fourth-order valence-electron chi connectivity index (χ4n) is 1.84. The average molecular weight is 294 g/mol. The van der Waals surface area contributed by atoms with Crippen molar-refractivity contribution < 1.29 is 8.42 Å². The van der Waals surface area contributed by atoms with E-state index in [1.807, 2.05) is 17.7 Å². The van der Waals surface area contributed by atoms with Gasteiger partial charge in [0.1, 0.15) is 0 Å². The van der Waals surface area contributed by atoms with E-state index in [1.54, 1.807) is 36.9 Å². The number of sulfonamides is 1. The number of aromatic nitrogens is 2. The molecule has 2 aromatic rings. The van der Waals surface area contributed by atoms with Gasteiger partial charge in [-0.2, -0.15) is 0 Å². The van der Waals surface area contributed by atoms with Gasteiger partial charge in [-0.25, -0.2) is 18.1 Å². The first kappa shape index (κ1) is 14.7. The molecule has 2 rings (SSSR count). The molecule has 108 valence electrons. The van der Waals surface area contributed by atoms with Crippen LogP contribution in [0.1, 0.15) is 5.56 Å². The Morgan fingerprint density at radius 3 is 2.90 bits per heavy atom. The van der Waals surface area contributed by atoms with E-state index in [9.17, 15) is 8.42 Å². The average Bonchev–Trinajstić information content (AvgIpc) is 2.92. The maximum atomic E-state index is 12.2. The number of nitrogens with one attached hydrogen (secondary N) is 2. The lowest BCUT2D eigenvalue weighted by atomic mass is 10.2. The summed E-state index contributed by atoms with van der Waals surface area (Å²) < 4.78 is 28.7. The molecule has 0 spiro atoms. The lowest BCUT2D eigenvalue weighted by Crippen LogP contribution is -2.27. The van der Waals surface area contributed by atoms with Crippen molar-refractivity contribution in [2.24, 2.45) is 0 Å². The summed E-state index contributed by atoms with van der Waals surface area (Å²) in [6.45, 7) is 1.52. The van der Waals surface area contributed by atoms with E-state index in [-0.39, 0.29) is 4.90 Å². The Morgan fingerprint density at radius 2 is 2.20 bits per heavy atom. The summed E-state index contributed by atoms with van der Waals surface area (Å²) in [5.74, 6) is 0. The summed E-state index contributed by atoms with van der Waals surface area (Å²) in [6.07, 6.45) is 5.11. The molecule has 0 saturated carbocycles. The highest BCUT2D eigenvalue weighted by Crippen LogP contribution is 2.11. The SMILES string of the molecule is CNCc1cccc(S(=O)(=O)NCCn2ccnc2)c1. The van der Waals surface area contributed by atoms with Gasteiger partial charge in [-0.1, -0.05) is 12.1 Å². The highest BCUT2D eigenvalue weighted by Gasteiger charge is 2.13. The molecule has 0 bridgehead atoms. The minimum Gasteiger partial charge on any atom is -0.336 e. The zero-order chi connectivity index (χ0) is 14.4. The third-order valence-electron chi connectivity index (χ3n) is 2.81. The van der Waals surface area contributed by atoms with Crippen LogP contribution in [0, 0.1) is 0 Å². The first-order chi connectivity index (χ1) is 9.62. The Morgan fingerprint density at radius 1 is 1.35 bits per heavy atom. The molecule has 1 aromatic carbocycles. The molecule has 0 aliphatic rings. The van der Waals surface area contributed by atoms with Gasteiger partial charge in [-0.3, -0.25) is 0 Å². The van der Waals surface area contributed by atoms with Gasteiger partial charge in [-0.15, -0.1) is 0 Å². The lowest BCUT2D eigenvalue weighted by Gasteiger charge is -2.08. The first-order valence-corrected chi connectivity index (χ1v) is 7.79. The van der Waals surface area contributed by atoms with E-state index in [4.69, 9.17) is 0 Å². The third kappa shape index (κ3) is 3.89. The monoisotopic (exact) mass is 294 g/mol. The fraction of sp³-hybridized carbons (Fsp3) is 0.308. The fourth-order valence-corrected chi connectivity index (χ4v) is 2.93. The van der Waals surface area contributed by atoms with Crippen LogP contribution in [0.25, 0.3) is 0 Å². The summed E-state index contributed by atoms with van der Waals surface area (Å²) >= 11 is 0. The van der Waals surface area contributed by atoms with Crippen molar-refractivity contribution in [1.82, 2.24) is 19.6 Å². The summed E-state index contributed by atoms with van der Waals surface area (Å²) in [7, 11) is -1.64. The highest BCUT2D eigenvalue weighted by molar-refractivity contribution is 7.89. The van der Waals surface area contributed by atoms with Crippen molar-refractivity contribution in [2.75, 3.05) is 13.6 Å². The maximum Gasteiger partial charge on any atom is 0.240 e. The molecule has 0 atom stereocenters. The van der Waals surface area contributed by atoms with Crippen LogP contribution in [-0.2, 0) is 23.1 Å². The zero-order valence-electron chi connectivity index (χ0n) is 11.3. The molecule has 0 saturated heterocycles. The van der Waals surface area contributed by atoms with Crippen molar-refractivity contribution in [3.05, 3.63) is 48.5 Å². The molecular formula is C13H18N4O2S. The van der Waals surface area contributed by atoms with E-state index in [0.29, 0.717) is 19.6 Å².